The second kappa shape index (κ2) is 3.37. The molecule has 1 unspecified atom stereocenters. The van der Waals surface area contributed by atoms with E-state index in [1.165, 1.54) is 0 Å². The van der Waals surface area contributed by atoms with E-state index in [0.29, 0.717) is 5.89 Å². The van der Waals surface area contributed by atoms with Crippen LogP contribution in [0.4, 0.5) is 0 Å². The lowest BCUT2D eigenvalue weighted by Gasteiger charge is -1.95. The number of rotatable bonds is 1. The van der Waals surface area contributed by atoms with Crippen molar-refractivity contribution in [2.45, 2.75) is 19.9 Å². The summed E-state index contributed by atoms with van der Waals surface area (Å²) in [6, 6.07) is 3.81. The van der Waals surface area contributed by atoms with E-state index in [1.54, 1.807) is 0 Å². The van der Waals surface area contributed by atoms with Crippen LogP contribution >= 0.6 is 15.9 Å². The van der Waals surface area contributed by atoms with Gasteiger partial charge < -0.3 is 10.2 Å². The number of benzene rings is 1. The first-order valence-electron chi connectivity index (χ1n) is 4.40. The Balaban J connectivity index is 2.70. The molecule has 0 spiro atoms. The van der Waals surface area contributed by atoms with Gasteiger partial charge in [0.1, 0.15) is 5.52 Å². The third kappa shape index (κ3) is 1.55. The van der Waals surface area contributed by atoms with Crippen molar-refractivity contribution in [2.24, 2.45) is 5.73 Å². The summed E-state index contributed by atoms with van der Waals surface area (Å²) >= 11 is 3.44. The van der Waals surface area contributed by atoms with Crippen LogP contribution in [0.25, 0.3) is 11.1 Å². The van der Waals surface area contributed by atoms with Crippen molar-refractivity contribution in [3.63, 3.8) is 0 Å². The first-order chi connectivity index (χ1) is 6.58. The molecule has 0 bridgehead atoms. The Morgan fingerprint density at radius 2 is 2.21 bits per heavy atom. The highest BCUT2D eigenvalue weighted by atomic mass is 79.9. The molecule has 1 aromatic heterocycles. The fourth-order valence-corrected chi connectivity index (χ4v) is 1.98. The summed E-state index contributed by atoms with van der Waals surface area (Å²) in [4.78, 5) is 4.31. The van der Waals surface area contributed by atoms with Crippen LogP contribution in [0.15, 0.2) is 21.0 Å². The second-order valence-corrected chi connectivity index (χ2v) is 4.29. The van der Waals surface area contributed by atoms with Gasteiger partial charge >= 0.3 is 0 Å². The van der Waals surface area contributed by atoms with Crippen LogP contribution in [0.3, 0.4) is 0 Å². The van der Waals surface area contributed by atoms with Crippen molar-refractivity contribution < 1.29 is 4.42 Å². The van der Waals surface area contributed by atoms with E-state index >= 15 is 0 Å². The molecule has 74 valence electrons. The number of nitrogens with two attached hydrogens (primary N) is 1. The Morgan fingerprint density at radius 3 is 2.86 bits per heavy atom. The Hall–Kier alpha value is -0.870. The van der Waals surface area contributed by atoms with Crippen molar-refractivity contribution in [2.75, 3.05) is 0 Å². The molecule has 0 amide bonds. The van der Waals surface area contributed by atoms with Gasteiger partial charge in [-0.2, -0.15) is 0 Å². The van der Waals surface area contributed by atoms with Crippen LogP contribution < -0.4 is 5.73 Å². The van der Waals surface area contributed by atoms with Crippen LogP contribution in [0.2, 0.25) is 0 Å². The van der Waals surface area contributed by atoms with E-state index < -0.39 is 0 Å². The zero-order valence-electron chi connectivity index (χ0n) is 8.04. The zero-order valence-corrected chi connectivity index (χ0v) is 9.63. The molecule has 1 atom stereocenters. The predicted octanol–water partition coefficient (Wildman–Crippen LogP) is 2.92. The van der Waals surface area contributed by atoms with Gasteiger partial charge in [0, 0.05) is 0 Å². The van der Waals surface area contributed by atoms with Gasteiger partial charge in [-0.25, -0.2) is 4.98 Å². The van der Waals surface area contributed by atoms with Gasteiger partial charge in [-0.15, -0.1) is 0 Å². The average Bonchev–Trinajstić information content (AvgIpc) is 2.47. The lowest BCUT2D eigenvalue weighted by atomic mass is 10.2. The largest absolute Gasteiger partial charge is 0.438 e. The van der Waals surface area contributed by atoms with Gasteiger partial charge in [0.15, 0.2) is 5.58 Å². The summed E-state index contributed by atoms with van der Waals surface area (Å²) in [5, 5.41) is 0. The van der Waals surface area contributed by atoms with Crippen LogP contribution in [-0.2, 0) is 0 Å². The maximum atomic E-state index is 5.69. The first-order valence-corrected chi connectivity index (χ1v) is 5.19. The number of aromatic nitrogens is 1. The quantitative estimate of drug-likeness (QED) is 0.852. The zero-order chi connectivity index (χ0) is 10.3. The fraction of sp³-hybridized carbons (Fsp3) is 0.300. The Labute approximate surface area is 90.4 Å². The molecule has 0 fully saturated rings. The minimum absolute atomic E-state index is 0.172. The highest BCUT2D eigenvalue weighted by Gasteiger charge is 2.11. The highest BCUT2D eigenvalue weighted by Crippen LogP contribution is 2.27. The summed E-state index contributed by atoms with van der Waals surface area (Å²) in [6.45, 7) is 3.87. The molecule has 0 aliphatic carbocycles. The Morgan fingerprint density at radius 1 is 1.50 bits per heavy atom. The number of halogens is 1. The molecule has 2 aromatic rings. The first kappa shape index (κ1) is 9.68. The lowest BCUT2D eigenvalue weighted by Crippen LogP contribution is -2.04. The van der Waals surface area contributed by atoms with Crippen LogP contribution in [0, 0.1) is 6.92 Å². The Bertz CT molecular complexity index is 476. The second-order valence-electron chi connectivity index (χ2n) is 3.44. The minimum Gasteiger partial charge on any atom is -0.438 e. The summed E-state index contributed by atoms with van der Waals surface area (Å²) in [5.74, 6) is 0.575. The summed E-state index contributed by atoms with van der Waals surface area (Å²) in [6.07, 6.45) is 0. The summed E-state index contributed by atoms with van der Waals surface area (Å²) in [5.41, 5.74) is 8.46. The molecule has 1 aromatic carbocycles. The molecular formula is C10H11BrN2O. The smallest absolute Gasteiger partial charge is 0.212 e. The normalized spacial score (nSPS) is 13.4. The maximum Gasteiger partial charge on any atom is 0.212 e. The third-order valence-electron chi connectivity index (χ3n) is 2.00. The molecule has 0 radical (unpaired) electrons. The van der Waals surface area contributed by atoms with Gasteiger partial charge in [-0.1, -0.05) is 0 Å². The summed E-state index contributed by atoms with van der Waals surface area (Å²) < 4.78 is 6.46. The molecule has 0 aliphatic heterocycles. The monoisotopic (exact) mass is 254 g/mol. The molecular weight excluding hydrogens is 244 g/mol. The van der Waals surface area contributed by atoms with E-state index in [2.05, 4.69) is 20.9 Å². The van der Waals surface area contributed by atoms with Crippen LogP contribution in [0.1, 0.15) is 24.4 Å². The molecule has 2 rings (SSSR count). The van der Waals surface area contributed by atoms with Crippen LogP contribution in [0.5, 0.6) is 0 Å². The number of oxazole rings is 1. The standard InChI is InChI=1S/C10H11BrN2O/c1-5-3-7(11)9-8(4-5)13-10(14-9)6(2)12/h3-4,6H,12H2,1-2H3. The Kier molecular flexibility index (Phi) is 2.33. The molecule has 1 heterocycles. The van der Waals surface area contributed by atoms with Crippen molar-refractivity contribution in [3.8, 4) is 0 Å². The van der Waals surface area contributed by atoms with Crippen molar-refractivity contribution in [1.82, 2.24) is 4.98 Å². The van der Waals surface area contributed by atoms with Gasteiger partial charge in [0.2, 0.25) is 5.89 Å². The van der Waals surface area contributed by atoms with Crippen LogP contribution in [-0.4, -0.2) is 4.98 Å². The van der Waals surface area contributed by atoms with E-state index in [0.717, 1.165) is 21.1 Å². The molecule has 14 heavy (non-hydrogen) atoms. The van der Waals surface area contributed by atoms with Crippen molar-refractivity contribution in [3.05, 3.63) is 28.1 Å². The van der Waals surface area contributed by atoms with Crippen molar-refractivity contribution >= 4 is 27.0 Å². The summed E-state index contributed by atoms with van der Waals surface area (Å²) in [7, 11) is 0. The van der Waals surface area contributed by atoms with E-state index in [9.17, 15) is 0 Å². The van der Waals surface area contributed by atoms with Gasteiger partial charge in [0.25, 0.3) is 0 Å². The van der Waals surface area contributed by atoms with Gasteiger partial charge in [-0.05, 0) is 47.5 Å². The number of hydrogen-bond donors (Lipinski definition) is 1. The third-order valence-corrected chi connectivity index (χ3v) is 2.58. The molecule has 4 heteroatoms. The van der Waals surface area contributed by atoms with E-state index in [4.69, 9.17) is 10.2 Å². The lowest BCUT2D eigenvalue weighted by molar-refractivity contribution is 0.492. The maximum absolute atomic E-state index is 5.69. The number of aryl methyl sites for hydroxylation is 1. The number of nitrogens with zero attached hydrogens (tertiary/aromatic N) is 1. The molecule has 0 aliphatic rings. The van der Waals surface area contributed by atoms with E-state index in [1.807, 2.05) is 26.0 Å². The topological polar surface area (TPSA) is 52.0 Å². The molecule has 2 N–H and O–H groups in total. The van der Waals surface area contributed by atoms with Gasteiger partial charge in [-0.3, -0.25) is 0 Å². The highest BCUT2D eigenvalue weighted by molar-refractivity contribution is 9.10. The average molecular weight is 255 g/mol. The molecule has 0 saturated carbocycles. The number of hydrogen-bond acceptors (Lipinski definition) is 3. The molecule has 3 nitrogen and oxygen atoms in total. The predicted molar refractivity (Wildman–Crippen MR) is 59.0 cm³/mol. The van der Waals surface area contributed by atoms with E-state index in [-0.39, 0.29) is 6.04 Å². The van der Waals surface area contributed by atoms with Crippen molar-refractivity contribution in [1.29, 1.82) is 0 Å². The number of fused-ring (bicyclic) bond motifs is 1. The fourth-order valence-electron chi connectivity index (χ4n) is 1.34. The SMILES string of the molecule is Cc1cc(Br)c2oc(C(C)N)nc2c1. The molecule has 0 saturated heterocycles. The van der Waals surface area contributed by atoms with Gasteiger partial charge in [0.05, 0.1) is 10.5 Å². The minimum atomic E-state index is -0.172.